The molecule has 0 radical (unpaired) electrons. The van der Waals surface area contributed by atoms with Crippen molar-refractivity contribution in [3.05, 3.63) is 58.6 Å². The summed E-state index contributed by atoms with van der Waals surface area (Å²) in [7, 11) is 0. The normalized spacial score (nSPS) is 14.7. The molecular weight excluding hydrogens is 394 g/mol. The molecule has 3 nitrogen and oxygen atoms in total. The lowest BCUT2D eigenvalue weighted by Crippen LogP contribution is -2.20. The number of ether oxygens (including phenoxy) is 1. The molecule has 1 heterocycles. The molecule has 2 aromatic carbocycles. The zero-order chi connectivity index (χ0) is 16.1. The molecule has 6 heteroatoms. The molecule has 1 aliphatic rings. The Kier molecular flexibility index (Phi) is 5.91. The summed E-state index contributed by atoms with van der Waals surface area (Å²) in [5, 5.41) is 2.83. The summed E-state index contributed by atoms with van der Waals surface area (Å²) in [4.78, 5) is 12.0. The molecule has 0 unspecified atom stereocenters. The Morgan fingerprint density at radius 2 is 1.83 bits per heavy atom. The highest BCUT2D eigenvalue weighted by Crippen LogP contribution is 2.48. The van der Waals surface area contributed by atoms with Crippen LogP contribution in [0.2, 0.25) is 0 Å². The van der Waals surface area contributed by atoms with Crippen LogP contribution in [0.1, 0.15) is 10.1 Å². The van der Waals surface area contributed by atoms with Crippen molar-refractivity contribution >= 4 is 51.0 Å². The van der Waals surface area contributed by atoms with E-state index in [1.54, 1.807) is 0 Å². The van der Waals surface area contributed by atoms with Gasteiger partial charge in [-0.2, -0.15) is 0 Å². The lowest BCUT2D eigenvalue weighted by Gasteiger charge is -2.15. The van der Waals surface area contributed by atoms with E-state index < -0.39 is 0 Å². The number of benzene rings is 2. The number of nitrogens with one attached hydrogen (secondary N) is 1. The zero-order valence-electron chi connectivity index (χ0n) is 12.3. The van der Waals surface area contributed by atoms with Gasteiger partial charge in [0.1, 0.15) is 5.75 Å². The van der Waals surface area contributed by atoms with E-state index >= 15 is 0 Å². The van der Waals surface area contributed by atoms with Crippen molar-refractivity contribution in [2.45, 2.75) is 4.58 Å². The third-order valence-corrected chi connectivity index (χ3v) is 6.88. The van der Waals surface area contributed by atoms with Crippen LogP contribution in [0.4, 0.5) is 5.69 Å². The van der Waals surface area contributed by atoms with Gasteiger partial charge in [0.15, 0.2) is 6.61 Å². The first-order valence-electron chi connectivity index (χ1n) is 7.23. The van der Waals surface area contributed by atoms with Crippen molar-refractivity contribution in [2.24, 2.45) is 0 Å². The molecule has 1 amide bonds. The molecule has 1 fully saturated rings. The van der Waals surface area contributed by atoms with Crippen LogP contribution < -0.4 is 10.1 Å². The van der Waals surface area contributed by atoms with E-state index in [2.05, 4.69) is 27.3 Å². The van der Waals surface area contributed by atoms with Gasteiger partial charge >= 0.3 is 0 Å². The first-order chi connectivity index (χ1) is 11.2. The third-order valence-electron chi connectivity index (χ3n) is 3.28. The minimum absolute atomic E-state index is 0.00906. The standard InChI is InChI=1S/C17H16BrNO2S2/c18-12-5-7-13(8-6-12)19-16(20)11-21-15-4-2-1-3-14(15)17-22-9-10-23-17/h1-8,17H,9-11H2,(H,19,20). The highest BCUT2D eigenvalue weighted by atomic mass is 79.9. The van der Waals surface area contributed by atoms with Gasteiger partial charge in [0.2, 0.25) is 0 Å². The van der Waals surface area contributed by atoms with E-state index in [-0.39, 0.29) is 12.5 Å². The molecule has 0 saturated carbocycles. The number of rotatable bonds is 5. The van der Waals surface area contributed by atoms with Crippen molar-refractivity contribution in [3.8, 4) is 5.75 Å². The molecule has 0 aliphatic carbocycles. The molecule has 1 aliphatic heterocycles. The molecule has 1 N–H and O–H groups in total. The molecule has 3 rings (SSSR count). The number of thioether (sulfide) groups is 2. The van der Waals surface area contributed by atoms with E-state index in [0.717, 1.165) is 33.0 Å². The number of halogens is 1. The Morgan fingerprint density at radius 3 is 2.57 bits per heavy atom. The molecule has 0 bridgehead atoms. The van der Waals surface area contributed by atoms with Crippen LogP contribution >= 0.6 is 39.5 Å². The second kappa shape index (κ2) is 8.13. The Labute approximate surface area is 152 Å². The average Bonchev–Trinajstić information content (AvgIpc) is 3.10. The molecule has 0 atom stereocenters. The fourth-order valence-corrected chi connectivity index (χ4v) is 5.39. The maximum Gasteiger partial charge on any atom is 0.262 e. The first kappa shape index (κ1) is 16.7. The molecular formula is C17H16BrNO2S2. The zero-order valence-corrected chi connectivity index (χ0v) is 15.5. The Bertz CT molecular complexity index is 673. The summed E-state index contributed by atoms with van der Waals surface area (Å²) >= 11 is 7.22. The van der Waals surface area contributed by atoms with Crippen molar-refractivity contribution in [1.82, 2.24) is 0 Å². The lowest BCUT2D eigenvalue weighted by molar-refractivity contribution is -0.118. The van der Waals surface area contributed by atoms with Crippen LogP contribution in [0.3, 0.4) is 0 Å². The molecule has 120 valence electrons. The molecule has 2 aromatic rings. The predicted octanol–water partition coefficient (Wildman–Crippen LogP) is 4.95. The van der Waals surface area contributed by atoms with Gasteiger partial charge in [0.05, 0.1) is 4.58 Å². The predicted molar refractivity (Wildman–Crippen MR) is 102 cm³/mol. The quantitative estimate of drug-likeness (QED) is 0.758. The van der Waals surface area contributed by atoms with Crippen LogP contribution in [-0.4, -0.2) is 24.0 Å². The number of hydrogen-bond acceptors (Lipinski definition) is 4. The van der Waals surface area contributed by atoms with Crippen molar-refractivity contribution in [1.29, 1.82) is 0 Å². The van der Waals surface area contributed by atoms with Crippen LogP contribution in [0.25, 0.3) is 0 Å². The SMILES string of the molecule is O=C(COc1ccccc1C1SCCS1)Nc1ccc(Br)cc1. The van der Waals surface area contributed by atoms with Gasteiger partial charge in [-0.05, 0) is 30.3 Å². The number of anilines is 1. The summed E-state index contributed by atoms with van der Waals surface area (Å²) in [6, 6.07) is 15.4. The van der Waals surface area contributed by atoms with Crippen molar-refractivity contribution < 1.29 is 9.53 Å². The number of para-hydroxylation sites is 1. The second-order valence-corrected chi connectivity index (χ2v) is 8.60. The summed E-state index contributed by atoms with van der Waals surface area (Å²) in [6.07, 6.45) is 0. The molecule has 23 heavy (non-hydrogen) atoms. The fourth-order valence-electron chi connectivity index (χ4n) is 2.22. The number of hydrogen-bond donors (Lipinski definition) is 1. The molecule has 0 spiro atoms. The van der Waals surface area contributed by atoms with E-state index in [1.165, 1.54) is 0 Å². The van der Waals surface area contributed by atoms with Crippen LogP contribution in [0.15, 0.2) is 53.0 Å². The monoisotopic (exact) mass is 409 g/mol. The highest BCUT2D eigenvalue weighted by molar-refractivity contribution is 9.10. The molecule has 1 saturated heterocycles. The average molecular weight is 410 g/mol. The topological polar surface area (TPSA) is 38.3 Å². The Hall–Kier alpha value is -1.11. The van der Waals surface area contributed by atoms with Crippen LogP contribution in [0, 0.1) is 0 Å². The van der Waals surface area contributed by atoms with Crippen LogP contribution in [0.5, 0.6) is 5.75 Å². The Balaban J connectivity index is 1.59. The van der Waals surface area contributed by atoms with E-state index in [1.807, 2.05) is 66.0 Å². The Morgan fingerprint density at radius 1 is 1.13 bits per heavy atom. The number of carbonyl (C=O) groups is 1. The smallest absolute Gasteiger partial charge is 0.262 e. The lowest BCUT2D eigenvalue weighted by atomic mass is 10.2. The minimum Gasteiger partial charge on any atom is -0.483 e. The van der Waals surface area contributed by atoms with Gasteiger partial charge in [0, 0.05) is 27.2 Å². The highest BCUT2D eigenvalue weighted by Gasteiger charge is 2.21. The van der Waals surface area contributed by atoms with Crippen molar-refractivity contribution in [3.63, 3.8) is 0 Å². The molecule has 0 aromatic heterocycles. The number of amides is 1. The van der Waals surface area contributed by atoms with E-state index in [0.29, 0.717) is 4.58 Å². The summed E-state index contributed by atoms with van der Waals surface area (Å²) in [5.74, 6) is 2.96. The summed E-state index contributed by atoms with van der Waals surface area (Å²) in [6.45, 7) is 0.00906. The fraction of sp³-hybridized carbons (Fsp3) is 0.235. The van der Waals surface area contributed by atoms with Gasteiger partial charge in [-0.1, -0.05) is 34.1 Å². The van der Waals surface area contributed by atoms with Gasteiger partial charge in [-0.3, -0.25) is 4.79 Å². The third kappa shape index (κ3) is 4.68. The van der Waals surface area contributed by atoms with Crippen LogP contribution in [-0.2, 0) is 4.79 Å². The van der Waals surface area contributed by atoms with Crippen molar-refractivity contribution in [2.75, 3.05) is 23.4 Å². The van der Waals surface area contributed by atoms with Gasteiger partial charge in [-0.25, -0.2) is 0 Å². The van der Waals surface area contributed by atoms with E-state index in [9.17, 15) is 4.79 Å². The maximum absolute atomic E-state index is 12.0. The van der Waals surface area contributed by atoms with E-state index in [4.69, 9.17) is 4.74 Å². The minimum atomic E-state index is -0.158. The second-order valence-electron chi connectivity index (χ2n) is 4.96. The maximum atomic E-state index is 12.0. The summed E-state index contributed by atoms with van der Waals surface area (Å²) < 4.78 is 7.14. The van der Waals surface area contributed by atoms with Gasteiger partial charge in [-0.15, -0.1) is 23.5 Å². The summed E-state index contributed by atoms with van der Waals surface area (Å²) in [5.41, 5.74) is 1.92. The van der Waals surface area contributed by atoms with Gasteiger partial charge in [0.25, 0.3) is 5.91 Å². The number of carbonyl (C=O) groups excluding carboxylic acids is 1. The van der Waals surface area contributed by atoms with Gasteiger partial charge < -0.3 is 10.1 Å². The largest absolute Gasteiger partial charge is 0.483 e. The first-order valence-corrected chi connectivity index (χ1v) is 10.1.